The van der Waals surface area contributed by atoms with Gasteiger partial charge in [0.15, 0.2) is 0 Å². The van der Waals surface area contributed by atoms with Crippen molar-refractivity contribution in [3.8, 4) is 18.2 Å². The molecule has 10 rings (SSSR count). The molecule has 8 aliphatic rings. The second-order valence-corrected chi connectivity index (χ2v) is 18.8. The predicted octanol–water partition coefficient (Wildman–Crippen LogP) is 13.0. The molecule has 0 saturated heterocycles. The number of hydrogen-bond acceptors (Lipinski definition) is 5. The lowest BCUT2D eigenvalue weighted by molar-refractivity contribution is 0.347. The van der Waals surface area contributed by atoms with Gasteiger partial charge in [-0.2, -0.15) is 10.5 Å². The van der Waals surface area contributed by atoms with Crippen LogP contribution in [0.2, 0.25) is 0 Å². The van der Waals surface area contributed by atoms with E-state index in [9.17, 15) is 15.8 Å². The van der Waals surface area contributed by atoms with Crippen molar-refractivity contribution in [2.24, 2.45) is 11.8 Å². The van der Waals surface area contributed by atoms with Crippen molar-refractivity contribution in [3.05, 3.63) is 124 Å². The Hall–Kier alpha value is -4.72. The summed E-state index contributed by atoms with van der Waals surface area (Å²) in [5.74, 6) is 0.687. The first-order valence-electron chi connectivity index (χ1n) is 20.1. The molecule has 54 heavy (non-hydrogen) atoms. The molecular formula is C48H42N4S2. The SMILES string of the molecule is [C-]#[N+]/C(C#N)=C1/C=C(c2cc3c(s2)C2=CC4C=C5C(=CC4C=C2C32CCCCC2)c2sc(C3=CC(=C(C#N)C#N)CCC3)cc2C52CCCCC2)CCC1. The third-order valence-electron chi connectivity index (χ3n) is 14.1. The van der Waals surface area contributed by atoms with Gasteiger partial charge in [0.05, 0.1) is 12.6 Å². The van der Waals surface area contributed by atoms with Gasteiger partial charge in [-0.1, -0.05) is 75.0 Å². The van der Waals surface area contributed by atoms with Crippen molar-refractivity contribution >= 4 is 45.0 Å². The first kappa shape index (κ1) is 33.8. The van der Waals surface area contributed by atoms with Crippen molar-refractivity contribution in [3.63, 3.8) is 0 Å². The molecule has 8 aliphatic carbocycles. The van der Waals surface area contributed by atoms with E-state index in [0.29, 0.717) is 11.8 Å². The standard InChI is InChI=1S/C48H42N4S2/c1-52-42(28-51)30-11-9-13-32(19-30)44-25-41-46(54-44)37-21-34-22-38-36(20-33(34)23-39(37)48(41)16-6-3-7-17-48)45-40(47(38)14-4-2-5-15-47)24-43(53-45)31-12-8-10-29(18-31)35(26-49)27-50/h18-25,33-34H,2-17H2/b42-30+. The van der Waals surface area contributed by atoms with E-state index < -0.39 is 0 Å². The maximum atomic E-state index is 9.61. The summed E-state index contributed by atoms with van der Waals surface area (Å²) in [6, 6.07) is 11.5. The molecule has 2 unspecified atom stereocenters. The average molecular weight is 739 g/mol. The van der Waals surface area contributed by atoms with Crippen molar-refractivity contribution in [1.29, 1.82) is 15.8 Å². The molecule has 2 fully saturated rings. The molecule has 2 heterocycles. The highest BCUT2D eigenvalue weighted by Gasteiger charge is 2.52. The number of hydrogen-bond donors (Lipinski definition) is 0. The summed E-state index contributed by atoms with van der Waals surface area (Å²) in [6.07, 6.45) is 33.1. The second kappa shape index (κ2) is 13.0. The van der Waals surface area contributed by atoms with Crippen LogP contribution in [-0.4, -0.2) is 0 Å². The molecule has 0 amide bonds. The fourth-order valence-corrected chi connectivity index (χ4v) is 14.2. The van der Waals surface area contributed by atoms with Gasteiger partial charge in [0.25, 0.3) is 5.70 Å². The fraction of sp³-hybridized carbons (Fsp3) is 0.417. The monoisotopic (exact) mass is 738 g/mol. The van der Waals surface area contributed by atoms with Gasteiger partial charge in [0.2, 0.25) is 0 Å². The Morgan fingerprint density at radius 1 is 0.611 bits per heavy atom. The van der Waals surface area contributed by atoms with Crippen LogP contribution < -0.4 is 0 Å². The van der Waals surface area contributed by atoms with E-state index in [-0.39, 0.29) is 22.1 Å². The number of thiophene rings is 2. The Morgan fingerprint density at radius 2 is 1.09 bits per heavy atom. The van der Waals surface area contributed by atoms with E-state index in [0.717, 1.165) is 49.7 Å². The van der Waals surface area contributed by atoms with Crippen LogP contribution >= 0.6 is 22.7 Å². The van der Waals surface area contributed by atoms with Crippen LogP contribution in [0, 0.1) is 52.4 Å². The van der Waals surface area contributed by atoms with E-state index in [1.807, 2.05) is 22.7 Å². The number of nitrogens with zero attached hydrogens (tertiary/aromatic N) is 4. The molecule has 0 bridgehead atoms. The van der Waals surface area contributed by atoms with Gasteiger partial charge in [-0.3, -0.25) is 0 Å². The quantitative estimate of drug-likeness (QED) is 0.227. The third kappa shape index (κ3) is 4.93. The number of allylic oxidation sites excluding steroid dienone is 16. The zero-order valence-electron chi connectivity index (χ0n) is 30.7. The Kier molecular flexibility index (Phi) is 8.11. The van der Waals surface area contributed by atoms with Crippen molar-refractivity contribution in [1.82, 2.24) is 0 Å². The molecule has 4 nitrogen and oxygen atoms in total. The first-order chi connectivity index (χ1) is 26.5. The predicted molar refractivity (Wildman–Crippen MR) is 218 cm³/mol. The molecule has 266 valence electrons. The van der Waals surface area contributed by atoms with Crippen LogP contribution in [0.1, 0.15) is 133 Å². The number of rotatable bonds is 2. The minimum Gasteiger partial charge on any atom is -0.226 e. The van der Waals surface area contributed by atoms with E-state index >= 15 is 0 Å². The smallest absolute Gasteiger partial charge is 0.226 e. The summed E-state index contributed by atoms with van der Waals surface area (Å²) in [6.45, 7) is 7.54. The maximum Gasteiger partial charge on any atom is 0.265 e. The lowest BCUT2D eigenvalue weighted by atomic mass is 9.63. The summed E-state index contributed by atoms with van der Waals surface area (Å²) >= 11 is 3.92. The normalized spacial score (nSPS) is 26.4. The zero-order chi connectivity index (χ0) is 36.6. The summed E-state index contributed by atoms with van der Waals surface area (Å²) in [4.78, 5) is 9.15. The average Bonchev–Trinajstić information content (AvgIpc) is 3.97. The van der Waals surface area contributed by atoms with Crippen molar-refractivity contribution in [2.75, 3.05) is 0 Å². The first-order valence-corrected chi connectivity index (χ1v) is 21.8. The lowest BCUT2D eigenvalue weighted by Gasteiger charge is -2.40. The van der Waals surface area contributed by atoms with Crippen LogP contribution in [0.5, 0.6) is 0 Å². The lowest BCUT2D eigenvalue weighted by Crippen LogP contribution is -2.31. The Labute approximate surface area is 327 Å². The van der Waals surface area contributed by atoms with Crippen molar-refractivity contribution in [2.45, 2.75) is 114 Å². The Balaban J connectivity index is 1.07. The minimum atomic E-state index is 0.0772. The van der Waals surface area contributed by atoms with Gasteiger partial charge < -0.3 is 0 Å². The van der Waals surface area contributed by atoms with Gasteiger partial charge in [-0.15, -0.1) is 22.7 Å². The Morgan fingerprint density at radius 3 is 1.56 bits per heavy atom. The molecule has 0 N–H and O–H groups in total. The zero-order valence-corrected chi connectivity index (χ0v) is 32.3. The third-order valence-corrected chi connectivity index (χ3v) is 16.6. The largest absolute Gasteiger partial charge is 0.265 e. The van der Waals surface area contributed by atoms with Gasteiger partial charge in [0, 0.05) is 42.2 Å². The molecular weight excluding hydrogens is 697 g/mol. The van der Waals surface area contributed by atoms with Crippen LogP contribution in [-0.2, 0) is 10.8 Å². The molecule has 0 aromatic carbocycles. The van der Waals surface area contributed by atoms with Gasteiger partial charge in [-0.05, 0) is 132 Å². The fourth-order valence-electron chi connectivity index (χ4n) is 11.5. The van der Waals surface area contributed by atoms with E-state index in [4.69, 9.17) is 6.57 Å². The van der Waals surface area contributed by atoms with Crippen molar-refractivity contribution < 1.29 is 0 Å². The van der Waals surface area contributed by atoms with E-state index in [2.05, 4.69) is 71.6 Å². The van der Waals surface area contributed by atoms with E-state index in [1.165, 1.54) is 112 Å². The molecule has 2 spiro atoms. The molecule has 2 atom stereocenters. The molecule has 0 radical (unpaired) electrons. The molecule has 2 saturated carbocycles. The minimum absolute atomic E-state index is 0.0772. The summed E-state index contributed by atoms with van der Waals surface area (Å²) in [7, 11) is 0. The molecule has 6 heteroatoms. The number of nitriles is 3. The highest BCUT2D eigenvalue weighted by Crippen LogP contribution is 2.65. The van der Waals surface area contributed by atoms with Crippen LogP contribution in [0.3, 0.4) is 0 Å². The van der Waals surface area contributed by atoms with Crippen LogP contribution in [0.25, 0.3) is 27.1 Å². The molecule has 2 aromatic rings. The number of fused-ring (bicyclic) bond motifs is 11. The maximum absolute atomic E-state index is 9.61. The molecule has 0 aliphatic heterocycles. The highest BCUT2D eigenvalue weighted by atomic mass is 32.1. The Bertz CT molecular complexity index is 2250. The summed E-state index contributed by atoms with van der Waals surface area (Å²) in [5.41, 5.74) is 14.3. The van der Waals surface area contributed by atoms with Gasteiger partial charge >= 0.3 is 0 Å². The van der Waals surface area contributed by atoms with Crippen LogP contribution in [0.4, 0.5) is 0 Å². The highest BCUT2D eigenvalue weighted by molar-refractivity contribution is 7.15. The van der Waals surface area contributed by atoms with Gasteiger partial charge in [0.1, 0.15) is 17.7 Å². The van der Waals surface area contributed by atoms with Gasteiger partial charge in [-0.25, -0.2) is 10.1 Å². The second-order valence-electron chi connectivity index (χ2n) is 16.7. The summed E-state index contributed by atoms with van der Waals surface area (Å²) < 4.78 is 0. The molecule has 2 aromatic heterocycles. The van der Waals surface area contributed by atoms with Crippen LogP contribution in [0.15, 0.2) is 82.2 Å². The van der Waals surface area contributed by atoms with E-state index in [1.54, 1.807) is 16.7 Å². The summed E-state index contributed by atoms with van der Waals surface area (Å²) in [5, 5.41) is 28.8. The topological polar surface area (TPSA) is 75.7 Å².